The molecule has 2 nitrogen and oxygen atoms in total. The zero-order valence-corrected chi connectivity index (χ0v) is 11.5. The van der Waals surface area contributed by atoms with Crippen LogP contribution in [0.15, 0.2) is 50.0 Å². The standard InChI is InChI=1S/C12H10Br2O2/c13-8-3-4-11(14)10(6-8)12(15)7-9-2-1-5-16-9/h1-6,12,15H,7H2. The monoisotopic (exact) mass is 344 g/mol. The van der Waals surface area contributed by atoms with Crippen molar-refractivity contribution in [3.63, 3.8) is 0 Å². The van der Waals surface area contributed by atoms with Crippen molar-refractivity contribution in [1.29, 1.82) is 0 Å². The van der Waals surface area contributed by atoms with Gasteiger partial charge in [-0.2, -0.15) is 0 Å². The second kappa shape index (κ2) is 5.17. The molecule has 0 spiro atoms. The Morgan fingerprint density at radius 3 is 2.75 bits per heavy atom. The summed E-state index contributed by atoms with van der Waals surface area (Å²) < 4.78 is 7.05. The van der Waals surface area contributed by atoms with Crippen LogP contribution < -0.4 is 0 Å². The molecule has 1 unspecified atom stereocenters. The van der Waals surface area contributed by atoms with Gasteiger partial charge in [0.15, 0.2) is 0 Å². The maximum Gasteiger partial charge on any atom is 0.106 e. The lowest BCUT2D eigenvalue weighted by Gasteiger charge is -2.11. The van der Waals surface area contributed by atoms with Gasteiger partial charge in [0.2, 0.25) is 0 Å². The van der Waals surface area contributed by atoms with E-state index in [0.717, 1.165) is 20.3 Å². The largest absolute Gasteiger partial charge is 0.469 e. The molecule has 1 heterocycles. The molecule has 16 heavy (non-hydrogen) atoms. The average molecular weight is 346 g/mol. The Labute approximate surface area is 111 Å². The predicted molar refractivity (Wildman–Crippen MR) is 69.2 cm³/mol. The molecular formula is C12H10Br2O2. The van der Waals surface area contributed by atoms with Crippen molar-refractivity contribution in [1.82, 2.24) is 0 Å². The van der Waals surface area contributed by atoms with Crippen LogP contribution in [0.4, 0.5) is 0 Å². The highest BCUT2D eigenvalue weighted by Gasteiger charge is 2.13. The predicted octanol–water partition coefficient (Wildman–Crippen LogP) is 4.08. The Bertz CT molecular complexity index is 466. The van der Waals surface area contributed by atoms with Crippen LogP contribution >= 0.6 is 31.9 Å². The zero-order valence-electron chi connectivity index (χ0n) is 8.36. The molecule has 0 saturated heterocycles. The summed E-state index contributed by atoms with van der Waals surface area (Å²) in [4.78, 5) is 0. The number of hydrogen-bond donors (Lipinski definition) is 1. The van der Waals surface area contributed by atoms with E-state index >= 15 is 0 Å². The minimum atomic E-state index is -0.571. The van der Waals surface area contributed by atoms with E-state index in [-0.39, 0.29) is 0 Å². The minimum Gasteiger partial charge on any atom is -0.469 e. The Morgan fingerprint density at radius 2 is 2.06 bits per heavy atom. The first kappa shape index (κ1) is 11.9. The summed E-state index contributed by atoms with van der Waals surface area (Å²) >= 11 is 6.81. The van der Waals surface area contributed by atoms with Crippen molar-refractivity contribution < 1.29 is 9.52 Å². The first-order valence-electron chi connectivity index (χ1n) is 4.82. The lowest BCUT2D eigenvalue weighted by molar-refractivity contribution is 0.169. The van der Waals surface area contributed by atoms with Crippen LogP contribution in [0.3, 0.4) is 0 Å². The molecule has 84 valence electrons. The third-order valence-corrected chi connectivity index (χ3v) is 3.51. The highest BCUT2D eigenvalue weighted by atomic mass is 79.9. The van der Waals surface area contributed by atoms with Gasteiger partial charge >= 0.3 is 0 Å². The van der Waals surface area contributed by atoms with Crippen LogP contribution in [0, 0.1) is 0 Å². The van der Waals surface area contributed by atoms with Crippen molar-refractivity contribution in [3.05, 3.63) is 56.9 Å². The summed E-state index contributed by atoms with van der Waals surface area (Å²) in [6, 6.07) is 9.41. The van der Waals surface area contributed by atoms with E-state index < -0.39 is 6.10 Å². The van der Waals surface area contributed by atoms with E-state index in [4.69, 9.17) is 4.42 Å². The normalized spacial score (nSPS) is 12.7. The number of hydrogen-bond acceptors (Lipinski definition) is 2. The topological polar surface area (TPSA) is 33.4 Å². The fourth-order valence-electron chi connectivity index (χ4n) is 1.50. The third-order valence-electron chi connectivity index (χ3n) is 2.29. The van der Waals surface area contributed by atoms with Gasteiger partial charge in [0.05, 0.1) is 12.4 Å². The van der Waals surface area contributed by atoms with E-state index in [1.165, 1.54) is 0 Å². The quantitative estimate of drug-likeness (QED) is 0.909. The molecule has 0 saturated carbocycles. The Balaban J connectivity index is 2.20. The number of rotatable bonds is 3. The summed E-state index contributed by atoms with van der Waals surface area (Å²) in [7, 11) is 0. The second-order valence-corrected chi connectivity index (χ2v) is 5.24. The molecule has 1 atom stereocenters. The molecule has 0 aliphatic carbocycles. The Hall–Kier alpha value is -0.580. The van der Waals surface area contributed by atoms with Gasteiger partial charge in [0.25, 0.3) is 0 Å². The van der Waals surface area contributed by atoms with Gasteiger partial charge in [-0.1, -0.05) is 31.9 Å². The molecular weight excluding hydrogens is 336 g/mol. The van der Waals surface area contributed by atoms with Gasteiger partial charge in [0.1, 0.15) is 5.76 Å². The van der Waals surface area contributed by atoms with E-state index in [1.54, 1.807) is 6.26 Å². The van der Waals surface area contributed by atoms with Gasteiger partial charge in [-0.15, -0.1) is 0 Å². The van der Waals surface area contributed by atoms with Crippen molar-refractivity contribution in [2.45, 2.75) is 12.5 Å². The van der Waals surface area contributed by atoms with Crippen molar-refractivity contribution in [3.8, 4) is 0 Å². The van der Waals surface area contributed by atoms with E-state index in [2.05, 4.69) is 31.9 Å². The molecule has 0 radical (unpaired) electrons. The molecule has 2 aromatic rings. The van der Waals surface area contributed by atoms with Crippen LogP contribution in [-0.4, -0.2) is 5.11 Å². The van der Waals surface area contributed by atoms with E-state index in [1.807, 2.05) is 30.3 Å². The van der Waals surface area contributed by atoms with Crippen molar-refractivity contribution >= 4 is 31.9 Å². The van der Waals surface area contributed by atoms with Gasteiger partial charge in [-0.05, 0) is 35.9 Å². The van der Waals surface area contributed by atoms with Crippen LogP contribution in [0.2, 0.25) is 0 Å². The third kappa shape index (κ3) is 2.75. The number of benzene rings is 1. The van der Waals surface area contributed by atoms with Crippen molar-refractivity contribution in [2.24, 2.45) is 0 Å². The molecule has 0 fully saturated rings. The zero-order chi connectivity index (χ0) is 11.5. The van der Waals surface area contributed by atoms with Gasteiger partial charge in [-0.25, -0.2) is 0 Å². The fourth-order valence-corrected chi connectivity index (χ4v) is 2.39. The maximum absolute atomic E-state index is 10.1. The SMILES string of the molecule is OC(Cc1ccco1)c1cc(Br)ccc1Br. The Morgan fingerprint density at radius 1 is 1.25 bits per heavy atom. The van der Waals surface area contributed by atoms with Gasteiger partial charge in [-0.3, -0.25) is 0 Å². The van der Waals surface area contributed by atoms with Gasteiger partial charge < -0.3 is 9.52 Å². The summed E-state index contributed by atoms with van der Waals surface area (Å²) in [5.74, 6) is 0.777. The minimum absolute atomic E-state index is 0.474. The maximum atomic E-state index is 10.1. The molecule has 1 N–H and O–H groups in total. The number of halogens is 2. The summed E-state index contributed by atoms with van der Waals surface area (Å²) in [5.41, 5.74) is 0.853. The molecule has 1 aromatic carbocycles. The van der Waals surface area contributed by atoms with Crippen LogP contribution in [0.5, 0.6) is 0 Å². The molecule has 2 rings (SSSR count). The molecule has 0 aliphatic heterocycles. The van der Waals surface area contributed by atoms with E-state index in [0.29, 0.717) is 6.42 Å². The first-order valence-corrected chi connectivity index (χ1v) is 6.41. The smallest absolute Gasteiger partial charge is 0.106 e. The lowest BCUT2D eigenvalue weighted by atomic mass is 10.1. The molecule has 0 amide bonds. The number of furan rings is 1. The fraction of sp³-hybridized carbons (Fsp3) is 0.167. The van der Waals surface area contributed by atoms with E-state index in [9.17, 15) is 5.11 Å². The Kier molecular flexibility index (Phi) is 3.84. The van der Waals surface area contributed by atoms with Gasteiger partial charge in [0, 0.05) is 15.4 Å². The second-order valence-electron chi connectivity index (χ2n) is 3.47. The van der Waals surface area contributed by atoms with Crippen LogP contribution in [0.25, 0.3) is 0 Å². The highest BCUT2D eigenvalue weighted by molar-refractivity contribution is 9.11. The first-order chi connectivity index (χ1) is 7.66. The lowest BCUT2D eigenvalue weighted by Crippen LogP contribution is -2.02. The molecule has 4 heteroatoms. The number of aliphatic hydroxyl groups is 1. The van der Waals surface area contributed by atoms with Crippen LogP contribution in [-0.2, 0) is 6.42 Å². The average Bonchev–Trinajstić information content (AvgIpc) is 2.74. The van der Waals surface area contributed by atoms with Crippen molar-refractivity contribution in [2.75, 3.05) is 0 Å². The molecule has 0 bridgehead atoms. The summed E-state index contributed by atoms with van der Waals surface area (Å²) in [5, 5.41) is 10.1. The summed E-state index contributed by atoms with van der Waals surface area (Å²) in [6.45, 7) is 0. The van der Waals surface area contributed by atoms with Crippen LogP contribution in [0.1, 0.15) is 17.4 Å². The molecule has 1 aromatic heterocycles. The summed E-state index contributed by atoms with van der Waals surface area (Å²) in [6.07, 6.45) is 1.51. The highest BCUT2D eigenvalue weighted by Crippen LogP contribution is 2.28. The molecule has 0 aliphatic rings. The number of aliphatic hydroxyl groups excluding tert-OH is 1.